The van der Waals surface area contributed by atoms with Gasteiger partial charge in [-0.15, -0.1) is 0 Å². The van der Waals surface area contributed by atoms with E-state index in [2.05, 4.69) is 10.2 Å². The number of hydrogen-bond acceptors (Lipinski definition) is 2. The maximum absolute atomic E-state index is 14.2. The number of hydrogen-bond donors (Lipinski definition) is 1. The first-order valence-corrected chi connectivity index (χ1v) is 7.48. The third-order valence-corrected chi connectivity index (χ3v) is 4.88. The average Bonchev–Trinajstić information content (AvgIpc) is 2.38. The number of nitrogens with one attached hydrogen (secondary N) is 1. The van der Waals surface area contributed by atoms with Gasteiger partial charge in [0.1, 0.15) is 5.82 Å². The van der Waals surface area contributed by atoms with Crippen LogP contribution in [-0.4, -0.2) is 25.2 Å². The lowest BCUT2D eigenvalue weighted by atomic mass is 9.81. The van der Waals surface area contributed by atoms with Crippen molar-refractivity contribution < 1.29 is 4.39 Å². The van der Waals surface area contributed by atoms with Crippen molar-refractivity contribution in [1.82, 2.24) is 5.32 Å². The van der Waals surface area contributed by atoms with E-state index in [1.54, 1.807) is 12.1 Å². The van der Waals surface area contributed by atoms with Gasteiger partial charge in [0.2, 0.25) is 0 Å². The molecule has 1 aromatic carbocycles. The van der Waals surface area contributed by atoms with Crippen LogP contribution < -0.4 is 10.2 Å². The first-order chi connectivity index (χ1) is 9.20. The van der Waals surface area contributed by atoms with Gasteiger partial charge in [-0.05, 0) is 51.3 Å². The molecule has 2 atom stereocenters. The molecule has 2 fully saturated rings. The summed E-state index contributed by atoms with van der Waals surface area (Å²) in [5, 5.41) is 3.92. The zero-order chi connectivity index (χ0) is 13.4. The van der Waals surface area contributed by atoms with Crippen LogP contribution in [0, 0.1) is 5.82 Å². The van der Waals surface area contributed by atoms with Crippen LogP contribution in [-0.2, 0) is 0 Å². The predicted molar refractivity (Wildman–Crippen MR) is 77.4 cm³/mol. The fourth-order valence-electron chi connectivity index (χ4n) is 3.72. The van der Waals surface area contributed by atoms with E-state index < -0.39 is 0 Å². The summed E-state index contributed by atoms with van der Waals surface area (Å²) in [6.07, 6.45) is 5.68. The number of nitrogens with zero attached hydrogens (tertiary/aromatic N) is 1. The van der Waals surface area contributed by atoms with E-state index in [1.807, 2.05) is 7.05 Å². The summed E-state index contributed by atoms with van der Waals surface area (Å²) in [6, 6.07) is 6.37. The van der Waals surface area contributed by atoms with Gasteiger partial charge in [0, 0.05) is 18.1 Å². The average molecular weight is 283 g/mol. The minimum absolute atomic E-state index is 0.188. The number of fused-ring (bicyclic) bond motifs is 2. The minimum atomic E-state index is -0.188. The molecule has 2 heterocycles. The highest BCUT2D eigenvalue weighted by atomic mass is 35.5. The van der Waals surface area contributed by atoms with E-state index in [9.17, 15) is 4.39 Å². The van der Waals surface area contributed by atoms with E-state index in [1.165, 1.54) is 12.5 Å². The molecule has 1 N–H and O–H groups in total. The molecule has 2 bridgehead atoms. The molecule has 4 heteroatoms. The fraction of sp³-hybridized carbons (Fsp3) is 0.600. The number of halogens is 2. The van der Waals surface area contributed by atoms with Crippen molar-refractivity contribution in [2.45, 2.75) is 50.2 Å². The van der Waals surface area contributed by atoms with Crippen LogP contribution in [0.25, 0.3) is 0 Å². The molecule has 104 valence electrons. The summed E-state index contributed by atoms with van der Waals surface area (Å²) in [6.45, 7) is 0. The Morgan fingerprint density at radius 2 is 1.95 bits per heavy atom. The van der Waals surface area contributed by atoms with E-state index >= 15 is 0 Å². The maximum Gasteiger partial charge on any atom is 0.148 e. The van der Waals surface area contributed by atoms with E-state index in [4.69, 9.17) is 11.6 Å². The Kier molecular flexibility index (Phi) is 3.68. The van der Waals surface area contributed by atoms with Gasteiger partial charge in [-0.2, -0.15) is 0 Å². The molecular formula is C15H20ClFN2. The van der Waals surface area contributed by atoms with Gasteiger partial charge in [-0.25, -0.2) is 4.39 Å². The number of benzene rings is 1. The van der Waals surface area contributed by atoms with Gasteiger partial charge in [-0.3, -0.25) is 0 Å². The SMILES string of the molecule is CNC1CC2CCCC(C1)N2c1c(F)cccc1Cl. The molecule has 1 aromatic rings. The van der Waals surface area contributed by atoms with Crippen molar-refractivity contribution in [3.05, 3.63) is 29.0 Å². The second-order valence-electron chi connectivity index (χ2n) is 5.67. The zero-order valence-electron chi connectivity index (χ0n) is 11.2. The summed E-state index contributed by atoms with van der Waals surface area (Å²) in [4.78, 5) is 2.26. The lowest BCUT2D eigenvalue weighted by Gasteiger charge is -2.50. The smallest absolute Gasteiger partial charge is 0.148 e. The van der Waals surface area contributed by atoms with E-state index in [-0.39, 0.29) is 5.82 Å². The van der Waals surface area contributed by atoms with Crippen LogP contribution >= 0.6 is 11.6 Å². The molecule has 2 aliphatic heterocycles. The second-order valence-corrected chi connectivity index (χ2v) is 6.08. The molecule has 2 nitrogen and oxygen atoms in total. The lowest BCUT2D eigenvalue weighted by Crippen LogP contribution is -2.56. The highest BCUT2D eigenvalue weighted by Gasteiger charge is 2.39. The van der Waals surface area contributed by atoms with Gasteiger partial charge in [0.05, 0.1) is 10.7 Å². The van der Waals surface area contributed by atoms with E-state index in [0.29, 0.717) is 28.8 Å². The number of anilines is 1. The largest absolute Gasteiger partial charge is 0.362 e. The first-order valence-electron chi connectivity index (χ1n) is 7.10. The maximum atomic E-state index is 14.2. The fourth-order valence-corrected chi connectivity index (χ4v) is 3.98. The Morgan fingerprint density at radius 1 is 1.26 bits per heavy atom. The van der Waals surface area contributed by atoms with Crippen molar-refractivity contribution in [2.75, 3.05) is 11.9 Å². The molecule has 2 aliphatic rings. The topological polar surface area (TPSA) is 15.3 Å². The quantitative estimate of drug-likeness (QED) is 0.892. The van der Waals surface area contributed by atoms with Crippen LogP contribution in [0.3, 0.4) is 0 Å². The van der Waals surface area contributed by atoms with Crippen LogP contribution in [0.15, 0.2) is 18.2 Å². The molecule has 0 saturated carbocycles. The Balaban J connectivity index is 1.96. The highest BCUT2D eigenvalue weighted by Crippen LogP contribution is 2.41. The predicted octanol–water partition coefficient (Wildman–Crippen LogP) is 3.59. The van der Waals surface area contributed by atoms with Crippen molar-refractivity contribution in [2.24, 2.45) is 0 Å². The third-order valence-electron chi connectivity index (χ3n) is 4.58. The second kappa shape index (κ2) is 5.29. The Bertz CT molecular complexity index is 431. The van der Waals surface area contributed by atoms with Crippen LogP contribution in [0.5, 0.6) is 0 Å². The molecule has 2 saturated heterocycles. The third kappa shape index (κ3) is 2.34. The van der Waals surface area contributed by atoms with Crippen LogP contribution in [0.2, 0.25) is 5.02 Å². The monoisotopic (exact) mass is 282 g/mol. The van der Waals surface area contributed by atoms with Crippen molar-refractivity contribution in [3.8, 4) is 0 Å². The molecule has 2 unspecified atom stereocenters. The molecule has 0 amide bonds. The van der Waals surface area contributed by atoms with Gasteiger partial charge in [-0.1, -0.05) is 17.7 Å². The summed E-state index contributed by atoms with van der Waals surface area (Å²) < 4.78 is 14.2. The van der Waals surface area contributed by atoms with E-state index in [0.717, 1.165) is 25.7 Å². The Hall–Kier alpha value is -0.800. The summed E-state index contributed by atoms with van der Waals surface area (Å²) >= 11 is 6.25. The molecule has 0 spiro atoms. The zero-order valence-corrected chi connectivity index (χ0v) is 12.0. The molecule has 0 aliphatic carbocycles. The van der Waals surface area contributed by atoms with Crippen LogP contribution in [0.1, 0.15) is 32.1 Å². The normalized spacial score (nSPS) is 30.5. The van der Waals surface area contributed by atoms with Gasteiger partial charge >= 0.3 is 0 Å². The standard InChI is InChI=1S/C15H20ClFN2/c1-18-10-8-11-4-2-5-12(9-10)19(11)15-13(16)6-3-7-14(15)17/h3,6-7,10-12,18H,2,4-5,8-9H2,1H3. The Morgan fingerprint density at radius 3 is 2.53 bits per heavy atom. The first kappa shape index (κ1) is 13.2. The minimum Gasteiger partial charge on any atom is -0.362 e. The summed E-state index contributed by atoms with van der Waals surface area (Å²) in [7, 11) is 2.02. The van der Waals surface area contributed by atoms with Crippen molar-refractivity contribution in [3.63, 3.8) is 0 Å². The Labute approximate surface area is 118 Å². The summed E-state index contributed by atoms with van der Waals surface area (Å²) in [5.41, 5.74) is 0.619. The molecule has 0 aromatic heterocycles. The van der Waals surface area contributed by atoms with Crippen LogP contribution in [0.4, 0.5) is 10.1 Å². The molecule has 19 heavy (non-hydrogen) atoms. The molecule has 0 radical (unpaired) electrons. The van der Waals surface area contributed by atoms with Gasteiger partial charge in [0.25, 0.3) is 0 Å². The lowest BCUT2D eigenvalue weighted by molar-refractivity contribution is 0.250. The number of rotatable bonds is 2. The van der Waals surface area contributed by atoms with Crippen molar-refractivity contribution >= 4 is 17.3 Å². The molecular weight excluding hydrogens is 263 g/mol. The van der Waals surface area contributed by atoms with Gasteiger partial charge < -0.3 is 10.2 Å². The highest BCUT2D eigenvalue weighted by molar-refractivity contribution is 6.33. The number of para-hydroxylation sites is 1. The summed E-state index contributed by atoms with van der Waals surface area (Å²) in [5.74, 6) is -0.188. The van der Waals surface area contributed by atoms with Crippen molar-refractivity contribution in [1.29, 1.82) is 0 Å². The molecule has 3 rings (SSSR count). The number of piperidine rings is 2. The van der Waals surface area contributed by atoms with Gasteiger partial charge in [0.15, 0.2) is 0 Å².